The fraction of sp³-hybridized carbons (Fsp3) is 0.917. The number of nitrogens with two attached hydrogens (primary N) is 1. The molecule has 0 aromatic carbocycles. The third-order valence-corrected chi connectivity index (χ3v) is 3.32. The van der Waals surface area contributed by atoms with E-state index in [0.29, 0.717) is 12.0 Å². The average molecular weight is 257 g/mol. The second kappa shape index (κ2) is 9.13. The predicted molar refractivity (Wildman–Crippen MR) is 74.4 cm³/mol. The Labute approximate surface area is 110 Å². The van der Waals surface area contributed by atoms with Crippen molar-refractivity contribution in [3.63, 3.8) is 0 Å². The van der Waals surface area contributed by atoms with Gasteiger partial charge in [0.1, 0.15) is 0 Å². The number of nitrogens with one attached hydrogen (secondary N) is 2. The van der Waals surface area contributed by atoms with E-state index >= 15 is 0 Å². The van der Waals surface area contributed by atoms with Crippen molar-refractivity contribution in [2.24, 2.45) is 10.8 Å². The SMILES string of the molecule is CCN1CCCC1CN=C(NN)NCCCOC. The Kier molecular flexibility index (Phi) is 7.71. The van der Waals surface area contributed by atoms with Crippen LogP contribution in [0.15, 0.2) is 4.99 Å². The molecule has 0 bridgehead atoms. The van der Waals surface area contributed by atoms with Crippen LogP contribution in [0.3, 0.4) is 0 Å². The summed E-state index contributed by atoms with van der Waals surface area (Å²) in [6, 6.07) is 0.569. The lowest BCUT2D eigenvalue weighted by Crippen LogP contribution is -2.43. The number of nitrogens with zero attached hydrogens (tertiary/aromatic N) is 2. The minimum absolute atomic E-state index is 0.569. The summed E-state index contributed by atoms with van der Waals surface area (Å²) in [5, 5.41) is 3.18. The van der Waals surface area contributed by atoms with Crippen LogP contribution >= 0.6 is 0 Å². The van der Waals surface area contributed by atoms with E-state index in [0.717, 1.165) is 32.7 Å². The van der Waals surface area contributed by atoms with Crippen molar-refractivity contribution in [3.05, 3.63) is 0 Å². The summed E-state index contributed by atoms with van der Waals surface area (Å²) in [4.78, 5) is 6.98. The minimum atomic E-state index is 0.569. The quantitative estimate of drug-likeness (QED) is 0.195. The van der Waals surface area contributed by atoms with Crippen molar-refractivity contribution in [2.45, 2.75) is 32.2 Å². The second-order valence-electron chi connectivity index (χ2n) is 4.53. The highest BCUT2D eigenvalue weighted by Gasteiger charge is 2.22. The number of likely N-dealkylation sites (N-methyl/N-ethyl adjacent to an activating group) is 1. The minimum Gasteiger partial charge on any atom is -0.385 e. The van der Waals surface area contributed by atoms with Crippen LogP contribution < -0.4 is 16.6 Å². The first-order valence-corrected chi connectivity index (χ1v) is 6.79. The summed E-state index contributed by atoms with van der Waals surface area (Å²) >= 11 is 0. The molecular weight excluding hydrogens is 230 g/mol. The Bertz CT molecular complexity index is 247. The standard InChI is InChI=1S/C12H27N5O/c1-3-17-8-4-6-11(17)10-15-12(16-13)14-7-5-9-18-2/h11H,3-10,13H2,1-2H3,(H2,14,15,16). The van der Waals surface area contributed by atoms with Gasteiger partial charge in [-0.05, 0) is 32.4 Å². The number of ether oxygens (including phenoxy) is 1. The maximum absolute atomic E-state index is 5.45. The van der Waals surface area contributed by atoms with Gasteiger partial charge in [0.05, 0.1) is 6.54 Å². The molecule has 1 heterocycles. The first-order chi connectivity index (χ1) is 8.81. The van der Waals surface area contributed by atoms with Crippen molar-refractivity contribution in [1.29, 1.82) is 0 Å². The van der Waals surface area contributed by atoms with Gasteiger partial charge in [-0.1, -0.05) is 6.92 Å². The van der Waals surface area contributed by atoms with Gasteiger partial charge < -0.3 is 10.1 Å². The van der Waals surface area contributed by atoms with Crippen molar-refractivity contribution in [1.82, 2.24) is 15.6 Å². The maximum atomic E-state index is 5.45. The van der Waals surface area contributed by atoms with Crippen LogP contribution in [0.2, 0.25) is 0 Å². The number of aliphatic imine (C=N–C) groups is 1. The largest absolute Gasteiger partial charge is 0.385 e. The monoisotopic (exact) mass is 257 g/mol. The molecule has 1 aliphatic rings. The molecule has 18 heavy (non-hydrogen) atoms. The maximum Gasteiger partial charge on any atom is 0.205 e. The van der Waals surface area contributed by atoms with Gasteiger partial charge in [0.2, 0.25) is 5.96 Å². The lowest BCUT2D eigenvalue weighted by molar-refractivity contribution is 0.195. The fourth-order valence-corrected chi connectivity index (χ4v) is 2.29. The van der Waals surface area contributed by atoms with Crippen molar-refractivity contribution in [2.75, 3.05) is 39.9 Å². The Morgan fingerprint density at radius 3 is 3.06 bits per heavy atom. The van der Waals surface area contributed by atoms with Gasteiger partial charge in [-0.15, -0.1) is 0 Å². The molecule has 1 unspecified atom stereocenters. The van der Waals surface area contributed by atoms with E-state index in [2.05, 4.69) is 27.6 Å². The smallest absolute Gasteiger partial charge is 0.205 e. The molecule has 4 N–H and O–H groups in total. The van der Waals surface area contributed by atoms with Gasteiger partial charge in [-0.3, -0.25) is 15.3 Å². The summed E-state index contributed by atoms with van der Waals surface area (Å²) in [6.45, 7) is 6.88. The number of hydrogen-bond donors (Lipinski definition) is 3. The number of hydrogen-bond acceptors (Lipinski definition) is 4. The zero-order chi connectivity index (χ0) is 13.2. The Morgan fingerprint density at radius 2 is 2.39 bits per heavy atom. The molecule has 1 saturated heterocycles. The van der Waals surface area contributed by atoms with E-state index in [9.17, 15) is 0 Å². The van der Waals surface area contributed by atoms with Crippen LogP contribution in [-0.4, -0.2) is 56.8 Å². The van der Waals surface area contributed by atoms with Gasteiger partial charge in [0.15, 0.2) is 0 Å². The number of likely N-dealkylation sites (tertiary alicyclic amines) is 1. The van der Waals surface area contributed by atoms with Crippen LogP contribution in [0, 0.1) is 0 Å². The van der Waals surface area contributed by atoms with Crippen LogP contribution in [0.1, 0.15) is 26.2 Å². The highest BCUT2D eigenvalue weighted by atomic mass is 16.5. The van der Waals surface area contributed by atoms with E-state index in [-0.39, 0.29) is 0 Å². The van der Waals surface area contributed by atoms with E-state index in [1.807, 2.05) is 0 Å². The van der Waals surface area contributed by atoms with Gasteiger partial charge in [-0.2, -0.15) is 0 Å². The summed E-state index contributed by atoms with van der Waals surface area (Å²) in [7, 11) is 1.70. The molecule has 0 aromatic rings. The van der Waals surface area contributed by atoms with Gasteiger partial charge in [-0.25, -0.2) is 5.84 Å². The molecule has 1 atom stereocenters. The molecule has 6 heteroatoms. The molecule has 0 radical (unpaired) electrons. The molecule has 0 saturated carbocycles. The van der Waals surface area contributed by atoms with Gasteiger partial charge in [0.25, 0.3) is 0 Å². The lowest BCUT2D eigenvalue weighted by atomic mass is 10.2. The topological polar surface area (TPSA) is 74.9 Å². The summed E-state index contributed by atoms with van der Waals surface area (Å²) in [6.07, 6.45) is 3.46. The number of hydrazine groups is 1. The third-order valence-electron chi connectivity index (χ3n) is 3.32. The normalized spacial score (nSPS) is 21.3. The molecule has 1 rings (SSSR count). The van der Waals surface area contributed by atoms with E-state index in [4.69, 9.17) is 10.6 Å². The Balaban J connectivity index is 2.28. The summed E-state index contributed by atoms with van der Waals surface area (Å²) in [5.74, 6) is 6.13. The molecule has 1 fully saturated rings. The molecule has 1 aliphatic heterocycles. The lowest BCUT2D eigenvalue weighted by Gasteiger charge is -2.21. The van der Waals surface area contributed by atoms with Crippen molar-refractivity contribution in [3.8, 4) is 0 Å². The molecule has 0 spiro atoms. The highest BCUT2D eigenvalue weighted by Crippen LogP contribution is 2.16. The van der Waals surface area contributed by atoms with E-state index in [1.54, 1.807) is 7.11 Å². The van der Waals surface area contributed by atoms with Gasteiger partial charge in [0, 0.05) is 26.3 Å². The molecule has 0 amide bonds. The summed E-state index contributed by atoms with van der Waals surface area (Å²) in [5.41, 5.74) is 2.62. The second-order valence-corrected chi connectivity index (χ2v) is 4.53. The van der Waals surface area contributed by atoms with Crippen molar-refractivity contribution < 1.29 is 4.74 Å². The highest BCUT2D eigenvalue weighted by molar-refractivity contribution is 5.79. The molecule has 6 nitrogen and oxygen atoms in total. The van der Waals surface area contributed by atoms with Crippen LogP contribution in [0.4, 0.5) is 0 Å². The Morgan fingerprint density at radius 1 is 1.56 bits per heavy atom. The zero-order valence-electron chi connectivity index (χ0n) is 11.6. The van der Waals surface area contributed by atoms with E-state index in [1.165, 1.54) is 19.4 Å². The molecule has 0 aliphatic carbocycles. The zero-order valence-corrected chi connectivity index (χ0v) is 11.6. The number of rotatable bonds is 7. The average Bonchev–Trinajstić information content (AvgIpc) is 2.85. The fourth-order valence-electron chi connectivity index (χ4n) is 2.29. The first kappa shape index (κ1) is 15.2. The van der Waals surface area contributed by atoms with Crippen LogP contribution in [-0.2, 0) is 4.74 Å². The van der Waals surface area contributed by atoms with Crippen molar-refractivity contribution >= 4 is 5.96 Å². The first-order valence-electron chi connectivity index (χ1n) is 6.79. The van der Waals surface area contributed by atoms with E-state index < -0.39 is 0 Å². The van der Waals surface area contributed by atoms with Gasteiger partial charge >= 0.3 is 0 Å². The third kappa shape index (κ3) is 5.20. The number of guanidine groups is 1. The summed E-state index contributed by atoms with van der Waals surface area (Å²) < 4.78 is 4.99. The predicted octanol–water partition coefficient (Wildman–Crippen LogP) is -0.0839. The Hall–Kier alpha value is -0.850. The van der Waals surface area contributed by atoms with Crippen LogP contribution in [0.25, 0.3) is 0 Å². The molecule has 0 aromatic heterocycles. The molecule has 106 valence electrons. The number of methoxy groups -OCH3 is 1. The molecular formula is C12H27N5O. The van der Waals surface area contributed by atoms with Crippen LogP contribution in [0.5, 0.6) is 0 Å².